The van der Waals surface area contributed by atoms with E-state index in [0.29, 0.717) is 18.2 Å². The molecule has 0 aromatic carbocycles. The first-order valence-corrected chi connectivity index (χ1v) is 5.42. The zero-order valence-electron chi connectivity index (χ0n) is 9.27. The standard InChI is InChI=1S/C10H15ClN4O/c1-6(2)5-7(12)10(16)13-9-4-3-8(11)14-15-9/h3-4,6-7H,5,12H2,1-2H3,(H,13,15,16). The van der Waals surface area contributed by atoms with Gasteiger partial charge >= 0.3 is 0 Å². The Morgan fingerprint density at radius 2 is 2.19 bits per heavy atom. The molecule has 0 aliphatic rings. The van der Waals surface area contributed by atoms with E-state index in [-0.39, 0.29) is 11.1 Å². The Morgan fingerprint density at radius 1 is 1.50 bits per heavy atom. The van der Waals surface area contributed by atoms with E-state index >= 15 is 0 Å². The Hall–Kier alpha value is -1.20. The summed E-state index contributed by atoms with van der Waals surface area (Å²) in [7, 11) is 0. The van der Waals surface area contributed by atoms with E-state index in [2.05, 4.69) is 15.5 Å². The second-order valence-electron chi connectivity index (χ2n) is 3.97. The van der Waals surface area contributed by atoms with Gasteiger partial charge in [0.15, 0.2) is 11.0 Å². The lowest BCUT2D eigenvalue weighted by Crippen LogP contribution is -2.36. The third kappa shape index (κ3) is 4.12. The highest BCUT2D eigenvalue weighted by molar-refractivity contribution is 6.29. The molecule has 0 spiro atoms. The maximum absolute atomic E-state index is 11.6. The average Bonchev–Trinajstić information content (AvgIpc) is 2.20. The van der Waals surface area contributed by atoms with E-state index in [1.165, 1.54) is 0 Å². The molecule has 1 aromatic heterocycles. The van der Waals surface area contributed by atoms with Gasteiger partial charge in [-0.1, -0.05) is 25.4 Å². The first-order valence-electron chi connectivity index (χ1n) is 5.04. The van der Waals surface area contributed by atoms with Crippen LogP contribution < -0.4 is 11.1 Å². The fraction of sp³-hybridized carbons (Fsp3) is 0.500. The fourth-order valence-corrected chi connectivity index (χ4v) is 1.32. The molecule has 0 bridgehead atoms. The number of carbonyl (C=O) groups excluding carboxylic acids is 1. The molecule has 0 saturated carbocycles. The van der Waals surface area contributed by atoms with Gasteiger partial charge in [0.25, 0.3) is 0 Å². The lowest BCUT2D eigenvalue weighted by atomic mass is 10.0. The van der Waals surface area contributed by atoms with E-state index in [0.717, 1.165) is 0 Å². The van der Waals surface area contributed by atoms with Crippen LogP contribution in [0.4, 0.5) is 5.82 Å². The zero-order valence-corrected chi connectivity index (χ0v) is 10.0. The molecule has 0 saturated heterocycles. The number of nitrogens with one attached hydrogen (secondary N) is 1. The average molecular weight is 243 g/mol. The summed E-state index contributed by atoms with van der Waals surface area (Å²) in [5.74, 6) is 0.469. The molecular formula is C10H15ClN4O. The minimum absolute atomic E-state index is 0.259. The van der Waals surface area contributed by atoms with Crippen molar-refractivity contribution >= 4 is 23.3 Å². The summed E-state index contributed by atoms with van der Waals surface area (Å²) in [6, 6.07) is 2.60. The van der Waals surface area contributed by atoms with Crippen molar-refractivity contribution in [1.82, 2.24) is 10.2 Å². The van der Waals surface area contributed by atoms with Gasteiger partial charge in [-0.2, -0.15) is 0 Å². The van der Waals surface area contributed by atoms with Crippen molar-refractivity contribution in [3.63, 3.8) is 0 Å². The molecule has 1 rings (SSSR count). The highest BCUT2D eigenvalue weighted by Gasteiger charge is 2.15. The molecule has 1 aromatic rings. The van der Waals surface area contributed by atoms with Crippen molar-refractivity contribution in [2.45, 2.75) is 26.3 Å². The maximum atomic E-state index is 11.6. The quantitative estimate of drug-likeness (QED) is 0.837. The number of hydrogen-bond acceptors (Lipinski definition) is 4. The van der Waals surface area contributed by atoms with E-state index in [4.69, 9.17) is 17.3 Å². The molecule has 0 fully saturated rings. The number of halogens is 1. The van der Waals surface area contributed by atoms with Crippen LogP contribution >= 0.6 is 11.6 Å². The van der Waals surface area contributed by atoms with Gasteiger partial charge in [-0.3, -0.25) is 4.79 Å². The topological polar surface area (TPSA) is 80.9 Å². The van der Waals surface area contributed by atoms with Crippen molar-refractivity contribution in [3.05, 3.63) is 17.3 Å². The second-order valence-corrected chi connectivity index (χ2v) is 4.35. The Kier molecular flexibility index (Phi) is 4.64. The van der Waals surface area contributed by atoms with Gasteiger partial charge in [-0.15, -0.1) is 10.2 Å². The summed E-state index contributed by atoms with van der Waals surface area (Å²) in [5, 5.41) is 10.2. The molecule has 1 atom stereocenters. The zero-order chi connectivity index (χ0) is 12.1. The molecule has 1 amide bonds. The number of nitrogens with two attached hydrogens (primary N) is 1. The van der Waals surface area contributed by atoms with Crippen LogP contribution in [-0.2, 0) is 4.79 Å². The second kappa shape index (κ2) is 5.77. The number of anilines is 1. The molecule has 6 heteroatoms. The number of carbonyl (C=O) groups is 1. The number of hydrogen-bond donors (Lipinski definition) is 2. The Labute approximate surface area is 99.4 Å². The maximum Gasteiger partial charge on any atom is 0.242 e. The molecule has 3 N–H and O–H groups in total. The van der Waals surface area contributed by atoms with E-state index in [9.17, 15) is 4.79 Å². The van der Waals surface area contributed by atoms with Crippen molar-refractivity contribution in [1.29, 1.82) is 0 Å². The van der Waals surface area contributed by atoms with Crippen LogP contribution in [0.2, 0.25) is 5.15 Å². The molecule has 1 heterocycles. The summed E-state index contributed by atoms with van der Waals surface area (Å²) >= 11 is 5.57. The van der Waals surface area contributed by atoms with Gasteiger partial charge in [-0.05, 0) is 24.5 Å². The van der Waals surface area contributed by atoms with Crippen LogP contribution in [0, 0.1) is 5.92 Å². The molecule has 0 aliphatic heterocycles. The van der Waals surface area contributed by atoms with Gasteiger partial charge in [-0.25, -0.2) is 0 Å². The number of rotatable bonds is 4. The van der Waals surface area contributed by atoms with Crippen molar-refractivity contribution in [2.75, 3.05) is 5.32 Å². The van der Waals surface area contributed by atoms with Gasteiger partial charge in [0.1, 0.15) is 0 Å². The van der Waals surface area contributed by atoms with Crippen molar-refractivity contribution in [2.24, 2.45) is 11.7 Å². The first-order chi connectivity index (χ1) is 7.49. The molecule has 88 valence electrons. The predicted octanol–water partition coefficient (Wildman–Crippen LogP) is 1.44. The lowest BCUT2D eigenvalue weighted by molar-refractivity contribution is -0.117. The van der Waals surface area contributed by atoms with Crippen molar-refractivity contribution in [3.8, 4) is 0 Å². The number of amides is 1. The fourth-order valence-electron chi connectivity index (χ4n) is 1.22. The number of nitrogens with zero attached hydrogens (tertiary/aromatic N) is 2. The monoisotopic (exact) mass is 242 g/mol. The third-order valence-corrected chi connectivity index (χ3v) is 2.15. The van der Waals surface area contributed by atoms with Gasteiger partial charge in [0.2, 0.25) is 5.91 Å². The number of aromatic nitrogens is 2. The molecule has 1 unspecified atom stereocenters. The highest BCUT2D eigenvalue weighted by Crippen LogP contribution is 2.08. The minimum Gasteiger partial charge on any atom is -0.320 e. The lowest BCUT2D eigenvalue weighted by Gasteiger charge is -2.13. The summed E-state index contributed by atoms with van der Waals surface area (Å²) in [4.78, 5) is 11.6. The first kappa shape index (κ1) is 12.9. The third-order valence-electron chi connectivity index (χ3n) is 1.95. The predicted molar refractivity (Wildman–Crippen MR) is 63.1 cm³/mol. The van der Waals surface area contributed by atoms with Gasteiger partial charge in [0, 0.05) is 0 Å². The summed E-state index contributed by atoms with van der Waals surface area (Å²) < 4.78 is 0. The van der Waals surface area contributed by atoms with Crippen LogP contribution in [0.3, 0.4) is 0 Å². The molecular weight excluding hydrogens is 228 g/mol. The van der Waals surface area contributed by atoms with Crippen LogP contribution in [0.1, 0.15) is 20.3 Å². The summed E-state index contributed by atoms with van der Waals surface area (Å²) in [5.41, 5.74) is 5.71. The molecule has 0 aliphatic carbocycles. The van der Waals surface area contributed by atoms with E-state index < -0.39 is 6.04 Å². The van der Waals surface area contributed by atoms with Crippen LogP contribution in [0.25, 0.3) is 0 Å². The van der Waals surface area contributed by atoms with Gasteiger partial charge in [0.05, 0.1) is 6.04 Å². The Morgan fingerprint density at radius 3 is 2.69 bits per heavy atom. The van der Waals surface area contributed by atoms with E-state index in [1.807, 2.05) is 13.8 Å². The minimum atomic E-state index is -0.530. The summed E-state index contributed by atoms with van der Waals surface area (Å²) in [6.07, 6.45) is 0.632. The van der Waals surface area contributed by atoms with Crippen LogP contribution in [0.15, 0.2) is 12.1 Å². The summed E-state index contributed by atoms with van der Waals surface area (Å²) in [6.45, 7) is 4.02. The Balaban J connectivity index is 2.54. The van der Waals surface area contributed by atoms with Gasteiger partial charge < -0.3 is 11.1 Å². The van der Waals surface area contributed by atoms with E-state index in [1.54, 1.807) is 12.1 Å². The van der Waals surface area contributed by atoms with Crippen molar-refractivity contribution < 1.29 is 4.79 Å². The molecule has 16 heavy (non-hydrogen) atoms. The highest BCUT2D eigenvalue weighted by atomic mass is 35.5. The molecule has 5 nitrogen and oxygen atoms in total. The molecule has 0 radical (unpaired) electrons. The largest absolute Gasteiger partial charge is 0.320 e. The van der Waals surface area contributed by atoms with Crippen LogP contribution in [-0.4, -0.2) is 22.1 Å². The Bertz CT molecular complexity index is 352. The smallest absolute Gasteiger partial charge is 0.242 e. The SMILES string of the molecule is CC(C)CC(N)C(=O)Nc1ccc(Cl)nn1. The normalized spacial score (nSPS) is 12.6. The van der Waals surface area contributed by atoms with Crippen LogP contribution in [0.5, 0.6) is 0 Å².